The van der Waals surface area contributed by atoms with Crippen LogP contribution in [0, 0.1) is 0 Å². The number of halogens is 1. The molecule has 1 aromatic rings. The summed E-state index contributed by atoms with van der Waals surface area (Å²) in [5, 5.41) is 13.6. The number of nitrogens with one attached hydrogen (secondary N) is 1. The Morgan fingerprint density at radius 1 is 1.47 bits per heavy atom. The van der Waals surface area contributed by atoms with E-state index in [4.69, 9.17) is 16.3 Å². The van der Waals surface area contributed by atoms with Gasteiger partial charge in [-0.3, -0.25) is 0 Å². The second-order valence-electron chi connectivity index (χ2n) is 4.42. The third-order valence-corrected chi connectivity index (χ3v) is 3.11. The zero-order chi connectivity index (χ0) is 12.9. The maximum Gasteiger partial charge on any atom is 0.137 e. The number of rotatable bonds is 6. The Morgan fingerprint density at radius 3 is 2.71 bits per heavy atom. The van der Waals surface area contributed by atoms with Gasteiger partial charge in [0.25, 0.3) is 0 Å². The number of hydrogen-bond acceptors (Lipinski definition) is 3. The molecule has 96 valence electrons. The molecule has 0 aromatic heterocycles. The van der Waals surface area contributed by atoms with E-state index >= 15 is 0 Å². The second kappa shape index (κ2) is 6.24. The third-order valence-electron chi connectivity index (χ3n) is 2.81. The Bertz CT molecular complexity index is 366. The van der Waals surface area contributed by atoms with E-state index in [-0.39, 0.29) is 0 Å². The van der Waals surface area contributed by atoms with E-state index in [2.05, 4.69) is 5.32 Å². The summed E-state index contributed by atoms with van der Waals surface area (Å²) in [6, 6.07) is 5.67. The normalized spacial score (nSPS) is 14.4. The van der Waals surface area contributed by atoms with E-state index in [0.29, 0.717) is 23.9 Å². The van der Waals surface area contributed by atoms with Gasteiger partial charge < -0.3 is 15.2 Å². The molecule has 0 aliphatic carbocycles. The molecule has 0 amide bonds. The molecule has 0 saturated carbocycles. The van der Waals surface area contributed by atoms with Gasteiger partial charge in [-0.1, -0.05) is 24.6 Å². The largest absolute Gasteiger partial charge is 0.495 e. The molecule has 0 aliphatic rings. The van der Waals surface area contributed by atoms with Crippen molar-refractivity contribution in [2.24, 2.45) is 0 Å². The first-order valence-corrected chi connectivity index (χ1v) is 6.12. The average molecular weight is 258 g/mol. The number of hydrogen-bond donors (Lipinski definition) is 2. The van der Waals surface area contributed by atoms with Gasteiger partial charge in [-0.25, -0.2) is 0 Å². The van der Waals surface area contributed by atoms with E-state index in [1.807, 2.05) is 32.0 Å². The standard InChI is InChI=1S/C13H20ClNO2/c1-4-13(2,16)9-15-8-10-5-6-12(17-3)11(14)7-10/h5-7,15-16H,4,8-9H2,1-3H3. The van der Waals surface area contributed by atoms with Crippen LogP contribution < -0.4 is 10.1 Å². The number of ether oxygens (including phenoxy) is 1. The van der Waals surface area contributed by atoms with Crippen LogP contribution in [-0.4, -0.2) is 24.4 Å². The van der Waals surface area contributed by atoms with Gasteiger partial charge in [0, 0.05) is 13.1 Å². The van der Waals surface area contributed by atoms with Crippen molar-refractivity contribution in [3.8, 4) is 5.75 Å². The quantitative estimate of drug-likeness (QED) is 0.823. The summed E-state index contributed by atoms with van der Waals surface area (Å²) < 4.78 is 5.08. The lowest BCUT2D eigenvalue weighted by molar-refractivity contribution is 0.0555. The highest BCUT2D eigenvalue weighted by Gasteiger charge is 2.16. The van der Waals surface area contributed by atoms with Gasteiger partial charge in [-0.05, 0) is 31.0 Å². The van der Waals surface area contributed by atoms with Gasteiger partial charge in [-0.15, -0.1) is 0 Å². The van der Waals surface area contributed by atoms with Gasteiger partial charge in [0.1, 0.15) is 5.75 Å². The van der Waals surface area contributed by atoms with Crippen molar-refractivity contribution >= 4 is 11.6 Å². The first-order chi connectivity index (χ1) is 7.98. The van der Waals surface area contributed by atoms with Crippen molar-refractivity contribution in [2.45, 2.75) is 32.4 Å². The van der Waals surface area contributed by atoms with Crippen LogP contribution in [0.2, 0.25) is 5.02 Å². The van der Waals surface area contributed by atoms with E-state index in [0.717, 1.165) is 12.0 Å². The molecule has 1 atom stereocenters. The van der Waals surface area contributed by atoms with E-state index in [9.17, 15) is 5.11 Å². The molecule has 17 heavy (non-hydrogen) atoms. The van der Waals surface area contributed by atoms with Crippen molar-refractivity contribution < 1.29 is 9.84 Å². The lowest BCUT2D eigenvalue weighted by atomic mass is 10.0. The molecule has 0 saturated heterocycles. The zero-order valence-corrected chi connectivity index (χ0v) is 11.3. The Kier molecular flexibility index (Phi) is 5.25. The van der Waals surface area contributed by atoms with Gasteiger partial charge in [0.15, 0.2) is 0 Å². The molecule has 1 unspecified atom stereocenters. The lowest BCUT2D eigenvalue weighted by Gasteiger charge is -2.21. The summed E-state index contributed by atoms with van der Waals surface area (Å²) in [6.07, 6.45) is 0.726. The number of aliphatic hydroxyl groups is 1. The van der Waals surface area contributed by atoms with Gasteiger partial charge in [-0.2, -0.15) is 0 Å². The molecular weight excluding hydrogens is 238 g/mol. The summed E-state index contributed by atoms with van der Waals surface area (Å²) in [5.41, 5.74) is 0.415. The van der Waals surface area contributed by atoms with E-state index < -0.39 is 5.60 Å². The van der Waals surface area contributed by atoms with Crippen LogP contribution in [-0.2, 0) is 6.54 Å². The third kappa shape index (κ3) is 4.54. The predicted octanol–water partition coefficient (Wildman–Crippen LogP) is 2.60. The minimum atomic E-state index is -0.656. The van der Waals surface area contributed by atoms with Crippen LogP contribution in [0.3, 0.4) is 0 Å². The van der Waals surface area contributed by atoms with E-state index in [1.54, 1.807) is 7.11 Å². The highest BCUT2D eigenvalue weighted by atomic mass is 35.5. The summed E-state index contributed by atoms with van der Waals surface area (Å²) in [7, 11) is 1.59. The molecule has 2 N–H and O–H groups in total. The van der Waals surface area contributed by atoms with Gasteiger partial charge in [0.05, 0.1) is 17.7 Å². The first-order valence-electron chi connectivity index (χ1n) is 5.74. The molecule has 0 heterocycles. The van der Waals surface area contributed by atoms with Crippen LogP contribution in [0.25, 0.3) is 0 Å². The van der Waals surface area contributed by atoms with E-state index in [1.165, 1.54) is 0 Å². The smallest absolute Gasteiger partial charge is 0.137 e. The molecular formula is C13H20ClNO2. The van der Waals surface area contributed by atoms with Crippen molar-refractivity contribution in [1.29, 1.82) is 0 Å². The number of benzene rings is 1. The summed E-state index contributed by atoms with van der Waals surface area (Å²) >= 11 is 6.02. The molecule has 3 nitrogen and oxygen atoms in total. The molecule has 0 bridgehead atoms. The summed E-state index contributed by atoms with van der Waals surface area (Å²) in [5.74, 6) is 0.677. The molecule has 0 aliphatic heterocycles. The Labute approximate surface area is 108 Å². The summed E-state index contributed by atoms with van der Waals surface area (Å²) in [4.78, 5) is 0. The van der Waals surface area contributed by atoms with Crippen LogP contribution >= 0.6 is 11.6 Å². The monoisotopic (exact) mass is 257 g/mol. The first kappa shape index (κ1) is 14.3. The Morgan fingerprint density at radius 2 is 2.18 bits per heavy atom. The van der Waals surface area contributed by atoms with Crippen LogP contribution in [0.15, 0.2) is 18.2 Å². The molecule has 0 spiro atoms. The van der Waals surface area contributed by atoms with Crippen molar-refractivity contribution in [1.82, 2.24) is 5.32 Å². The average Bonchev–Trinajstić information content (AvgIpc) is 2.29. The maximum absolute atomic E-state index is 9.83. The second-order valence-corrected chi connectivity index (χ2v) is 4.83. The fraction of sp³-hybridized carbons (Fsp3) is 0.538. The fourth-order valence-electron chi connectivity index (χ4n) is 1.42. The van der Waals surface area contributed by atoms with Crippen LogP contribution in [0.5, 0.6) is 5.75 Å². The van der Waals surface area contributed by atoms with Gasteiger partial charge in [0.2, 0.25) is 0 Å². The SMILES string of the molecule is CCC(C)(O)CNCc1ccc(OC)c(Cl)c1. The topological polar surface area (TPSA) is 41.5 Å². The highest BCUT2D eigenvalue weighted by Crippen LogP contribution is 2.24. The van der Waals surface area contributed by atoms with Crippen molar-refractivity contribution in [3.05, 3.63) is 28.8 Å². The molecule has 0 radical (unpaired) electrons. The molecule has 0 fully saturated rings. The fourth-order valence-corrected chi connectivity index (χ4v) is 1.70. The van der Waals surface area contributed by atoms with Gasteiger partial charge >= 0.3 is 0 Å². The molecule has 1 aromatic carbocycles. The minimum Gasteiger partial charge on any atom is -0.495 e. The lowest BCUT2D eigenvalue weighted by Crippen LogP contribution is -2.36. The Hall–Kier alpha value is -0.770. The summed E-state index contributed by atoms with van der Waals surface area (Å²) in [6.45, 7) is 5.03. The van der Waals surface area contributed by atoms with Crippen molar-refractivity contribution in [2.75, 3.05) is 13.7 Å². The maximum atomic E-state index is 9.83. The highest BCUT2D eigenvalue weighted by molar-refractivity contribution is 6.32. The zero-order valence-electron chi connectivity index (χ0n) is 10.6. The molecule has 4 heteroatoms. The predicted molar refractivity (Wildman–Crippen MR) is 70.6 cm³/mol. The number of methoxy groups -OCH3 is 1. The van der Waals surface area contributed by atoms with Crippen LogP contribution in [0.4, 0.5) is 0 Å². The Balaban J connectivity index is 2.50. The van der Waals surface area contributed by atoms with Crippen molar-refractivity contribution in [3.63, 3.8) is 0 Å². The molecule has 1 rings (SSSR count). The minimum absolute atomic E-state index is 0.563. The van der Waals surface area contributed by atoms with Crippen LogP contribution in [0.1, 0.15) is 25.8 Å².